The molecule has 0 aromatic rings. The quantitative estimate of drug-likeness (QED) is 0.503. The monoisotopic (exact) mass is 214 g/mol. The zero-order valence-electron chi connectivity index (χ0n) is 10.2. The van der Waals surface area contributed by atoms with Gasteiger partial charge in [-0.15, -0.1) is 0 Å². The fourth-order valence-corrected chi connectivity index (χ4v) is 1.14. The minimum absolute atomic E-state index is 0.0979. The number of ether oxygens (including phenoxy) is 2. The highest BCUT2D eigenvalue weighted by molar-refractivity contribution is 5.69. The van der Waals surface area contributed by atoms with Gasteiger partial charge in [0.2, 0.25) is 0 Å². The number of rotatable bonds is 6. The zero-order chi connectivity index (χ0) is 11.5. The number of hydrogen-bond donors (Lipinski definition) is 0. The van der Waals surface area contributed by atoms with Crippen molar-refractivity contribution in [2.24, 2.45) is 11.3 Å². The molecule has 1 aliphatic heterocycles. The Balaban J connectivity index is 2.14. The second-order valence-corrected chi connectivity index (χ2v) is 5.28. The van der Waals surface area contributed by atoms with E-state index in [-0.39, 0.29) is 17.5 Å². The maximum absolute atomic E-state index is 11.4. The maximum Gasteiger partial charge on any atom is 0.305 e. The highest BCUT2D eigenvalue weighted by Gasteiger charge is 2.26. The Morgan fingerprint density at radius 2 is 2.13 bits per heavy atom. The standard InChI is InChI=1S/C12H22O3/c1-9(2)12(3,4)6-5-11(13)15-8-10-7-14-10/h9-10H,5-8H2,1-4H3. The molecule has 1 atom stereocenters. The largest absolute Gasteiger partial charge is 0.463 e. The van der Waals surface area contributed by atoms with Crippen molar-refractivity contribution in [3.8, 4) is 0 Å². The fraction of sp³-hybridized carbons (Fsp3) is 0.917. The molecule has 0 aliphatic carbocycles. The van der Waals surface area contributed by atoms with E-state index < -0.39 is 0 Å². The van der Waals surface area contributed by atoms with E-state index in [0.29, 0.717) is 18.9 Å². The Kier molecular flexibility index (Phi) is 4.14. The van der Waals surface area contributed by atoms with Gasteiger partial charge in [0.15, 0.2) is 0 Å². The van der Waals surface area contributed by atoms with Crippen LogP contribution in [0.1, 0.15) is 40.5 Å². The van der Waals surface area contributed by atoms with Crippen molar-refractivity contribution in [1.82, 2.24) is 0 Å². The van der Waals surface area contributed by atoms with Crippen LogP contribution in [0.25, 0.3) is 0 Å². The SMILES string of the molecule is CC(C)C(C)(C)CCC(=O)OCC1CO1. The van der Waals surface area contributed by atoms with E-state index in [0.717, 1.165) is 13.0 Å². The van der Waals surface area contributed by atoms with Crippen molar-refractivity contribution >= 4 is 5.97 Å². The molecule has 0 N–H and O–H groups in total. The second-order valence-electron chi connectivity index (χ2n) is 5.28. The van der Waals surface area contributed by atoms with Crippen LogP contribution in [0.2, 0.25) is 0 Å². The van der Waals surface area contributed by atoms with Crippen LogP contribution in [0.3, 0.4) is 0 Å². The molecular formula is C12H22O3. The van der Waals surface area contributed by atoms with Crippen molar-refractivity contribution in [1.29, 1.82) is 0 Å². The molecular weight excluding hydrogens is 192 g/mol. The maximum atomic E-state index is 11.4. The van der Waals surface area contributed by atoms with Gasteiger partial charge in [0.1, 0.15) is 12.7 Å². The molecule has 15 heavy (non-hydrogen) atoms. The van der Waals surface area contributed by atoms with Crippen molar-refractivity contribution in [2.45, 2.75) is 46.6 Å². The normalized spacial score (nSPS) is 20.5. The summed E-state index contributed by atoms with van der Waals surface area (Å²) in [5.74, 6) is 0.483. The predicted molar refractivity (Wildman–Crippen MR) is 58.6 cm³/mol. The van der Waals surface area contributed by atoms with Crippen molar-refractivity contribution in [3.63, 3.8) is 0 Å². The van der Waals surface area contributed by atoms with Crippen molar-refractivity contribution in [3.05, 3.63) is 0 Å². The molecule has 1 rings (SSSR count). The first-order chi connectivity index (χ1) is 6.92. The predicted octanol–water partition coefficient (Wildman–Crippen LogP) is 2.39. The molecule has 0 aromatic heterocycles. The first kappa shape index (κ1) is 12.5. The van der Waals surface area contributed by atoms with Gasteiger partial charge in [0.25, 0.3) is 0 Å². The molecule has 0 amide bonds. The van der Waals surface area contributed by atoms with Gasteiger partial charge in [-0.3, -0.25) is 4.79 Å². The van der Waals surface area contributed by atoms with Gasteiger partial charge in [0, 0.05) is 6.42 Å². The lowest BCUT2D eigenvalue weighted by Crippen LogP contribution is -2.21. The molecule has 88 valence electrons. The average Bonchev–Trinajstić information content (AvgIpc) is 2.94. The van der Waals surface area contributed by atoms with Crippen molar-refractivity contribution in [2.75, 3.05) is 13.2 Å². The van der Waals surface area contributed by atoms with Gasteiger partial charge in [0.05, 0.1) is 6.61 Å². The van der Waals surface area contributed by atoms with Crippen LogP contribution in [-0.2, 0) is 14.3 Å². The third kappa shape index (κ3) is 4.65. The van der Waals surface area contributed by atoms with E-state index in [1.807, 2.05) is 0 Å². The van der Waals surface area contributed by atoms with E-state index in [2.05, 4.69) is 27.7 Å². The van der Waals surface area contributed by atoms with Gasteiger partial charge in [-0.25, -0.2) is 0 Å². The highest BCUT2D eigenvalue weighted by atomic mass is 16.6. The molecule has 1 unspecified atom stereocenters. The smallest absolute Gasteiger partial charge is 0.305 e. The summed E-state index contributed by atoms with van der Waals surface area (Å²) >= 11 is 0. The average molecular weight is 214 g/mol. The Hall–Kier alpha value is -0.570. The van der Waals surface area contributed by atoms with E-state index in [1.54, 1.807) is 0 Å². The number of epoxide rings is 1. The number of carbonyl (C=O) groups is 1. The van der Waals surface area contributed by atoms with Gasteiger partial charge in [-0.05, 0) is 17.8 Å². The van der Waals surface area contributed by atoms with Gasteiger partial charge in [-0.2, -0.15) is 0 Å². The third-order valence-corrected chi connectivity index (χ3v) is 3.37. The van der Waals surface area contributed by atoms with Crippen LogP contribution in [0, 0.1) is 11.3 Å². The summed E-state index contributed by atoms with van der Waals surface area (Å²) < 4.78 is 10.0. The van der Waals surface area contributed by atoms with Gasteiger partial charge >= 0.3 is 5.97 Å². The first-order valence-electron chi connectivity index (χ1n) is 5.69. The molecule has 1 heterocycles. The van der Waals surface area contributed by atoms with Crippen LogP contribution in [0.15, 0.2) is 0 Å². The summed E-state index contributed by atoms with van der Waals surface area (Å²) in [5, 5.41) is 0. The summed E-state index contributed by atoms with van der Waals surface area (Å²) in [6.07, 6.45) is 1.57. The first-order valence-corrected chi connectivity index (χ1v) is 5.69. The Labute approximate surface area is 92.1 Å². The molecule has 3 nitrogen and oxygen atoms in total. The zero-order valence-corrected chi connectivity index (χ0v) is 10.2. The fourth-order valence-electron chi connectivity index (χ4n) is 1.14. The molecule has 3 heteroatoms. The summed E-state index contributed by atoms with van der Waals surface area (Å²) in [5.41, 5.74) is 0.203. The molecule has 0 bridgehead atoms. The summed E-state index contributed by atoms with van der Waals surface area (Å²) in [7, 11) is 0. The minimum atomic E-state index is -0.0979. The number of esters is 1. The summed E-state index contributed by atoms with van der Waals surface area (Å²) in [6.45, 7) is 9.92. The van der Waals surface area contributed by atoms with Gasteiger partial charge in [-0.1, -0.05) is 27.7 Å². The lowest BCUT2D eigenvalue weighted by molar-refractivity contribution is -0.144. The van der Waals surface area contributed by atoms with E-state index in [1.165, 1.54) is 0 Å². The van der Waals surface area contributed by atoms with E-state index in [9.17, 15) is 4.79 Å². The third-order valence-electron chi connectivity index (χ3n) is 3.37. The van der Waals surface area contributed by atoms with E-state index in [4.69, 9.17) is 9.47 Å². The minimum Gasteiger partial charge on any atom is -0.463 e. The Bertz CT molecular complexity index is 217. The highest BCUT2D eigenvalue weighted by Crippen LogP contribution is 2.31. The van der Waals surface area contributed by atoms with Gasteiger partial charge < -0.3 is 9.47 Å². The molecule has 1 fully saturated rings. The molecule has 0 radical (unpaired) electrons. The van der Waals surface area contributed by atoms with Crippen LogP contribution in [-0.4, -0.2) is 25.3 Å². The lowest BCUT2D eigenvalue weighted by atomic mass is 9.77. The topological polar surface area (TPSA) is 38.8 Å². The number of carbonyl (C=O) groups excluding carboxylic acids is 1. The molecule has 0 saturated carbocycles. The summed E-state index contributed by atoms with van der Waals surface area (Å²) in [4.78, 5) is 11.4. The van der Waals surface area contributed by atoms with Crippen LogP contribution < -0.4 is 0 Å². The van der Waals surface area contributed by atoms with Crippen LogP contribution in [0.5, 0.6) is 0 Å². The lowest BCUT2D eigenvalue weighted by Gasteiger charge is -2.28. The Morgan fingerprint density at radius 3 is 2.60 bits per heavy atom. The summed E-state index contributed by atoms with van der Waals surface area (Å²) in [6, 6.07) is 0. The second kappa shape index (κ2) is 4.97. The Morgan fingerprint density at radius 1 is 1.53 bits per heavy atom. The van der Waals surface area contributed by atoms with Crippen molar-refractivity contribution < 1.29 is 14.3 Å². The molecule has 1 saturated heterocycles. The van der Waals surface area contributed by atoms with Crippen LogP contribution >= 0.6 is 0 Å². The molecule has 0 aromatic carbocycles. The van der Waals surface area contributed by atoms with E-state index >= 15 is 0 Å². The number of hydrogen-bond acceptors (Lipinski definition) is 3. The molecule has 0 spiro atoms. The van der Waals surface area contributed by atoms with Crippen LogP contribution in [0.4, 0.5) is 0 Å². The molecule has 1 aliphatic rings.